The van der Waals surface area contributed by atoms with Crippen molar-refractivity contribution in [1.82, 2.24) is 4.90 Å². The van der Waals surface area contributed by atoms with E-state index in [4.69, 9.17) is 9.47 Å². The van der Waals surface area contributed by atoms with Gasteiger partial charge in [0.15, 0.2) is 0 Å². The molecule has 0 heterocycles. The van der Waals surface area contributed by atoms with Gasteiger partial charge in [0, 0.05) is 18.7 Å². The Morgan fingerprint density at radius 2 is 1.83 bits per heavy atom. The van der Waals surface area contributed by atoms with Crippen LogP contribution in [0.2, 0.25) is 0 Å². The lowest BCUT2D eigenvalue weighted by Crippen LogP contribution is -2.38. The van der Waals surface area contributed by atoms with Gasteiger partial charge in [-0.1, -0.05) is 25.1 Å². The molecule has 2 amide bonds. The Balaban J connectivity index is 2.00. The predicted octanol–water partition coefficient (Wildman–Crippen LogP) is 3.82. The minimum absolute atomic E-state index is 0.0379. The van der Waals surface area contributed by atoms with Crippen LogP contribution in [0.15, 0.2) is 42.5 Å². The van der Waals surface area contributed by atoms with E-state index in [1.54, 1.807) is 19.1 Å². The fourth-order valence-corrected chi connectivity index (χ4v) is 3.12. The lowest BCUT2D eigenvalue weighted by atomic mass is 10.1. The Hall–Kier alpha value is -3.02. The predicted molar refractivity (Wildman–Crippen MR) is 115 cm³/mol. The maximum Gasteiger partial charge on any atom is 0.244 e. The summed E-state index contributed by atoms with van der Waals surface area (Å²) in [4.78, 5) is 26.9. The van der Waals surface area contributed by atoms with Crippen LogP contribution in [0, 0.1) is 6.92 Å². The van der Waals surface area contributed by atoms with E-state index in [2.05, 4.69) is 5.32 Å². The van der Waals surface area contributed by atoms with E-state index in [1.807, 2.05) is 56.3 Å². The van der Waals surface area contributed by atoms with Crippen LogP contribution in [0.5, 0.6) is 11.5 Å². The second-order valence-corrected chi connectivity index (χ2v) is 6.86. The molecule has 2 aromatic carbocycles. The molecular formula is C23H30N2O4. The number of anilines is 1. The van der Waals surface area contributed by atoms with Crippen molar-refractivity contribution < 1.29 is 19.1 Å². The van der Waals surface area contributed by atoms with E-state index in [0.717, 1.165) is 34.7 Å². The highest BCUT2D eigenvalue weighted by molar-refractivity contribution is 5.95. The van der Waals surface area contributed by atoms with E-state index in [-0.39, 0.29) is 18.4 Å². The Kier molecular flexibility index (Phi) is 8.52. The number of aryl methyl sites for hydroxylation is 2. The Morgan fingerprint density at radius 3 is 2.48 bits per heavy atom. The summed E-state index contributed by atoms with van der Waals surface area (Å²) in [6, 6.07) is 13.1. The van der Waals surface area contributed by atoms with Gasteiger partial charge in [-0.25, -0.2) is 0 Å². The van der Waals surface area contributed by atoms with Gasteiger partial charge in [0.2, 0.25) is 11.8 Å². The van der Waals surface area contributed by atoms with Crippen LogP contribution in [0.4, 0.5) is 5.69 Å². The van der Waals surface area contributed by atoms with Crippen LogP contribution >= 0.6 is 0 Å². The van der Waals surface area contributed by atoms with E-state index in [0.29, 0.717) is 19.4 Å². The summed E-state index contributed by atoms with van der Waals surface area (Å²) in [6.45, 7) is 4.50. The molecule has 0 aliphatic heterocycles. The van der Waals surface area contributed by atoms with Crippen molar-refractivity contribution in [2.24, 2.45) is 0 Å². The van der Waals surface area contributed by atoms with Gasteiger partial charge in [0.05, 0.1) is 20.8 Å². The van der Waals surface area contributed by atoms with Crippen LogP contribution in [-0.2, 0) is 16.0 Å². The molecule has 0 atom stereocenters. The summed E-state index contributed by atoms with van der Waals surface area (Å²) in [7, 11) is 3.21. The molecule has 0 aliphatic rings. The summed E-state index contributed by atoms with van der Waals surface area (Å²) < 4.78 is 10.6. The number of ether oxygens (including phenoxy) is 2. The molecule has 29 heavy (non-hydrogen) atoms. The third-order valence-corrected chi connectivity index (χ3v) is 4.70. The quantitative estimate of drug-likeness (QED) is 0.661. The van der Waals surface area contributed by atoms with E-state index in [9.17, 15) is 9.59 Å². The second-order valence-electron chi connectivity index (χ2n) is 6.86. The van der Waals surface area contributed by atoms with Crippen molar-refractivity contribution in [3.8, 4) is 11.5 Å². The van der Waals surface area contributed by atoms with Crippen molar-refractivity contribution in [2.75, 3.05) is 32.6 Å². The summed E-state index contributed by atoms with van der Waals surface area (Å²) in [5, 5.41) is 2.89. The third kappa shape index (κ3) is 6.52. The van der Waals surface area contributed by atoms with Crippen LogP contribution in [0.1, 0.15) is 30.9 Å². The molecule has 1 N–H and O–H groups in total. The van der Waals surface area contributed by atoms with Gasteiger partial charge < -0.3 is 19.7 Å². The van der Waals surface area contributed by atoms with Crippen molar-refractivity contribution in [2.45, 2.75) is 33.1 Å². The average Bonchev–Trinajstić information content (AvgIpc) is 2.73. The first-order chi connectivity index (χ1) is 14.0. The summed E-state index contributed by atoms with van der Waals surface area (Å²) in [5.74, 6) is 1.19. The summed E-state index contributed by atoms with van der Waals surface area (Å²) in [6.07, 6.45) is 1.59. The zero-order valence-electron chi connectivity index (χ0n) is 17.7. The summed E-state index contributed by atoms with van der Waals surface area (Å²) >= 11 is 0. The molecule has 156 valence electrons. The lowest BCUT2D eigenvalue weighted by Gasteiger charge is -2.22. The number of methoxy groups -OCH3 is 2. The number of para-hydroxylation sites is 1. The number of carbonyl (C=O) groups excluding carboxylic acids is 2. The molecule has 0 aliphatic carbocycles. The maximum absolute atomic E-state index is 12.8. The monoisotopic (exact) mass is 398 g/mol. The van der Waals surface area contributed by atoms with Crippen molar-refractivity contribution in [1.29, 1.82) is 0 Å². The minimum atomic E-state index is -0.194. The second kappa shape index (κ2) is 11.1. The first kappa shape index (κ1) is 22.3. The van der Waals surface area contributed by atoms with Crippen LogP contribution in [-0.4, -0.2) is 44.0 Å². The topological polar surface area (TPSA) is 67.9 Å². The highest BCUT2D eigenvalue weighted by Gasteiger charge is 2.18. The first-order valence-electron chi connectivity index (χ1n) is 9.82. The Bertz CT molecular complexity index is 835. The number of benzene rings is 2. The molecule has 0 unspecified atom stereocenters. The van der Waals surface area contributed by atoms with Crippen molar-refractivity contribution >= 4 is 17.5 Å². The van der Waals surface area contributed by atoms with Gasteiger partial charge in [-0.15, -0.1) is 0 Å². The van der Waals surface area contributed by atoms with Crippen molar-refractivity contribution in [3.05, 3.63) is 53.6 Å². The molecule has 2 aromatic rings. The first-order valence-corrected chi connectivity index (χ1v) is 9.82. The molecule has 0 saturated heterocycles. The normalized spacial score (nSPS) is 10.3. The Labute approximate surface area is 172 Å². The molecule has 0 fully saturated rings. The maximum atomic E-state index is 12.8. The SMILES string of the molecule is CCCN(CC(=O)Nc1ccccc1C)C(=O)CCc1cc(OC)ccc1OC. The number of carbonyl (C=O) groups is 2. The smallest absolute Gasteiger partial charge is 0.244 e. The molecule has 0 saturated carbocycles. The van der Waals surface area contributed by atoms with E-state index in [1.165, 1.54) is 0 Å². The number of hydrogen-bond acceptors (Lipinski definition) is 4. The number of rotatable bonds is 10. The van der Waals surface area contributed by atoms with Crippen LogP contribution in [0.3, 0.4) is 0 Å². The number of nitrogens with one attached hydrogen (secondary N) is 1. The number of hydrogen-bond donors (Lipinski definition) is 1. The van der Waals surface area contributed by atoms with E-state index < -0.39 is 0 Å². The largest absolute Gasteiger partial charge is 0.497 e. The van der Waals surface area contributed by atoms with Gasteiger partial charge in [0.25, 0.3) is 0 Å². The molecule has 0 aromatic heterocycles. The average molecular weight is 399 g/mol. The Morgan fingerprint density at radius 1 is 1.07 bits per heavy atom. The molecule has 0 spiro atoms. The van der Waals surface area contributed by atoms with Crippen molar-refractivity contribution in [3.63, 3.8) is 0 Å². The lowest BCUT2D eigenvalue weighted by molar-refractivity contribution is -0.134. The molecule has 2 rings (SSSR count). The van der Waals surface area contributed by atoms with Gasteiger partial charge in [-0.2, -0.15) is 0 Å². The van der Waals surface area contributed by atoms with Crippen LogP contribution < -0.4 is 14.8 Å². The highest BCUT2D eigenvalue weighted by Crippen LogP contribution is 2.25. The molecule has 0 radical (unpaired) electrons. The van der Waals surface area contributed by atoms with E-state index >= 15 is 0 Å². The number of nitrogens with zero attached hydrogens (tertiary/aromatic N) is 1. The molecule has 0 bridgehead atoms. The van der Waals surface area contributed by atoms with Gasteiger partial charge >= 0.3 is 0 Å². The summed E-state index contributed by atoms with van der Waals surface area (Å²) in [5.41, 5.74) is 2.66. The third-order valence-electron chi connectivity index (χ3n) is 4.70. The molecule has 6 heteroatoms. The fourth-order valence-electron chi connectivity index (χ4n) is 3.12. The van der Waals surface area contributed by atoms with Gasteiger partial charge in [-0.05, 0) is 55.2 Å². The van der Waals surface area contributed by atoms with Crippen LogP contribution in [0.25, 0.3) is 0 Å². The fraction of sp³-hybridized carbons (Fsp3) is 0.391. The number of amides is 2. The molecular weight excluding hydrogens is 368 g/mol. The zero-order chi connectivity index (χ0) is 21.2. The molecule has 6 nitrogen and oxygen atoms in total. The minimum Gasteiger partial charge on any atom is -0.497 e. The zero-order valence-corrected chi connectivity index (χ0v) is 17.7. The van der Waals surface area contributed by atoms with Gasteiger partial charge in [-0.3, -0.25) is 9.59 Å². The van der Waals surface area contributed by atoms with Gasteiger partial charge in [0.1, 0.15) is 11.5 Å². The highest BCUT2D eigenvalue weighted by atomic mass is 16.5. The standard InChI is InChI=1S/C23H30N2O4/c1-5-14-25(16-22(26)24-20-9-7-6-8-17(20)2)23(27)13-10-18-15-19(28-3)11-12-21(18)29-4/h6-9,11-12,15H,5,10,13-14,16H2,1-4H3,(H,24,26).